The van der Waals surface area contributed by atoms with Crippen molar-refractivity contribution in [3.05, 3.63) is 45.6 Å². The Morgan fingerprint density at radius 2 is 1.57 bits per heavy atom. The van der Waals surface area contributed by atoms with Crippen molar-refractivity contribution in [3.8, 4) is 28.4 Å². The molecule has 9 nitrogen and oxygen atoms in total. The molecule has 0 unspecified atom stereocenters. The molecule has 3 N–H and O–H groups in total. The van der Waals surface area contributed by atoms with Crippen molar-refractivity contribution in [1.82, 2.24) is 10.6 Å². The van der Waals surface area contributed by atoms with Crippen LogP contribution in [-0.4, -0.2) is 45.2 Å². The van der Waals surface area contributed by atoms with Crippen LogP contribution in [0.4, 0.5) is 5.69 Å². The maximum atomic E-state index is 13.8. The molecule has 2 aromatic rings. The van der Waals surface area contributed by atoms with E-state index in [1.165, 1.54) is 19.8 Å². The number of amides is 2. The molecule has 4 rings (SSSR count). The Balaban J connectivity index is 1.81. The van der Waals surface area contributed by atoms with E-state index in [1.54, 1.807) is 33.5 Å². The summed E-state index contributed by atoms with van der Waals surface area (Å²) < 4.78 is 17.1. The third kappa shape index (κ3) is 6.82. The lowest BCUT2D eigenvalue weighted by atomic mass is 9.95. The molecule has 228 valence electrons. The maximum Gasteiger partial charge on any atom is 0.242 e. The van der Waals surface area contributed by atoms with Crippen molar-refractivity contribution in [1.29, 1.82) is 0 Å². The fourth-order valence-electron chi connectivity index (χ4n) is 6.24. The molecule has 0 bridgehead atoms. The zero-order chi connectivity index (χ0) is 30.4. The van der Waals surface area contributed by atoms with Gasteiger partial charge >= 0.3 is 0 Å². The van der Waals surface area contributed by atoms with E-state index < -0.39 is 12.1 Å². The van der Waals surface area contributed by atoms with E-state index in [9.17, 15) is 14.4 Å². The average Bonchev–Trinajstić information content (AvgIpc) is 3.36. The summed E-state index contributed by atoms with van der Waals surface area (Å²) in [4.78, 5) is 39.4. The molecule has 2 amide bonds. The van der Waals surface area contributed by atoms with Crippen molar-refractivity contribution in [2.24, 2.45) is 5.92 Å². The Hall–Kier alpha value is -3.75. The van der Waals surface area contributed by atoms with E-state index >= 15 is 0 Å². The number of hydrogen-bond acceptors (Lipinski definition) is 7. The maximum absolute atomic E-state index is 13.8. The molecule has 2 aromatic carbocycles. The first-order chi connectivity index (χ1) is 20.2. The van der Waals surface area contributed by atoms with Crippen LogP contribution in [0, 0.1) is 5.92 Å². The van der Waals surface area contributed by atoms with Crippen LogP contribution in [-0.2, 0) is 16.0 Å². The smallest absolute Gasteiger partial charge is 0.242 e. The molecule has 0 heterocycles. The van der Waals surface area contributed by atoms with E-state index in [2.05, 4.69) is 16.0 Å². The number of anilines is 1. The number of methoxy groups -OCH3 is 3. The number of ether oxygens (including phenoxy) is 3. The first-order valence-electron chi connectivity index (χ1n) is 15.0. The molecular weight excluding hydrogens is 534 g/mol. The molecule has 0 saturated heterocycles. The zero-order valence-corrected chi connectivity index (χ0v) is 25.7. The molecule has 0 spiro atoms. The Morgan fingerprint density at radius 1 is 0.881 bits per heavy atom. The second-order valence-corrected chi connectivity index (χ2v) is 11.7. The minimum absolute atomic E-state index is 0.0526. The monoisotopic (exact) mass is 579 g/mol. The number of carbonyl (C=O) groups excluding carboxylic acids is 2. The summed E-state index contributed by atoms with van der Waals surface area (Å²) in [5.41, 5.74) is 3.22. The van der Waals surface area contributed by atoms with Crippen molar-refractivity contribution >= 4 is 17.5 Å². The van der Waals surface area contributed by atoms with E-state index in [4.69, 9.17) is 14.2 Å². The SMILES string of the molecule is COc1cc2c(c(OC)c1OC)-c1ccc(N[C@@H](C(=O)NC3CCCCCC3)C(C)C)c(=O)cc1[C@H](NC(C)=O)CC2. The van der Waals surface area contributed by atoms with Gasteiger partial charge in [-0.3, -0.25) is 14.4 Å². The highest BCUT2D eigenvalue weighted by Gasteiger charge is 2.30. The average molecular weight is 580 g/mol. The van der Waals surface area contributed by atoms with Crippen LogP contribution in [0.1, 0.15) is 82.9 Å². The number of fused-ring (bicyclic) bond motifs is 3. The van der Waals surface area contributed by atoms with Crippen molar-refractivity contribution in [2.75, 3.05) is 26.6 Å². The largest absolute Gasteiger partial charge is 0.493 e. The van der Waals surface area contributed by atoms with Crippen LogP contribution >= 0.6 is 0 Å². The van der Waals surface area contributed by atoms with Gasteiger partial charge in [0.15, 0.2) is 11.5 Å². The normalized spacial score (nSPS) is 17.5. The van der Waals surface area contributed by atoms with Gasteiger partial charge in [-0.05, 0) is 66.5 Å². The molecule has 2 aliphatic rings. The van der Waals surface area contributed by atoms with Crippen LogP contribution in [0.2, 0.25) is 0 Å². The van der Waals surface area contributed by atoms with Gasteiger partial charge in [0.05, 0.1) is 33.1 Å². The van der Waals surface area contributed by atoms with Crippen LogP contribution < -0.4 is 35.6 Å². The van der Waals surface area contributed by atoms with Crippen molar-refractivity contribution in [2.45, 2.75) is 90.3 Å². The van der Waals surface area contributed by atoms with Gasteiger partial charge in [0.25, 0.3) is 0 Å². The second-order valence-electron chi connectivity index (χ2n) is 11.7. The molecule has 0 radical (unpaired) electrons. The molecule has 2 aliphatic carbocycles. The van der Waals surface area contributed by atoms with Gasteiger partial charge in [-0.2, -0.15) is 0 Å². The Morgan fingerprint density at radius 3 is 2.17 bits per heavy atom. The minimum Gasteiger partial charge on any atom is -0.493 e. The first kappa shape index (κ1) is 31.2. The van der Waals surface area contributed by atoms with Crippen LogP contribution in [0.15, 0.2) is 29.1 Å². The summed E-state index contributed by atoms with van der Waals surface area (Å²) in [5, 5.41) is 9.54. The summed E-state index contributed by atoms with van der Waals surface area (Å²) >= 11 is 0. The Kier molecular flexibility index (Phi) is 10.4. The van der Waals surface area contributed by atoms with E-state index in [0.717, 1.165) is 42.4 Å². The molecular formula is C33H45N3O6. The van der Waals surface area contributed by atoms with Gasteiger partial charge in [0.2, 0.25) is 23.0 Å². The van der Waals surface area contributed by atoms with Gasteiger partial charge in [0.1, 0.15) is 6.04 Å². The van der Waals surface area contributed by atoms with E-state index in [0.29, 0.717) is 41.3 Å². The molecule has 0 aliphatic heterocycles. The summed E-state index contributed by atoms with van der Waals surface area (Å²) in [6, 6.07) is 6.27. The highest BCUT2D eigenvalue weighted by Crippen LogP contribution is 2.50. The molecule has 42 heavy (non-hydrogen) atoms. The highest BCUT2D eigenvalue weighted by atomic mass is 16.5. The van der Waals surface area contributed by atoms with Gasteiger partial charge in [0, 0.05) is 18.5 Å². The third-order valence-corrected chi connectivity index (χ3v) is 8.38. The Bertz CT molecular complexity index is 1350. The standard InChI is InChI=1S/C33H45N3O6/c1-19(2)30(33(39)35-22-11-9-7-8-10-12-22)36-26-16-14-23-24(18-27(26)38)25(34-20(3)37)15-13-21-17-28(40-4)31(41-5)32(42-6)29(21)23/h14,16-19,22,25,30H,7-13,15H2,1-6H3,(H,34,37)(H,35,39)(H,36,38)/t25-,30-/m1/s1. The van der Waals surface area contributed by atoms with Gasteiger partial charge in [-0.15, -0.1) is 0 Å². The van der Waals surface area contributed by atoms with Gasteiger partial charge < -0.3 is 30.2 Å². The number of carbonyl (C=O) groups is 2. The predicted octanol–water partition coefficient (Wildman–Crippen LogP) is 5.14. The quantitative estimate of drug-likeness (QED) is 0.353. The zero-order valence-electron chi connectivity index (χ0n) is 25.7. The molecule has 9 heteroatoms. The number of hydrogen-bond donors (Lipinski definition) is 3. The summed E-state index contributed by atoms with van der Waals surface area (Å²) in [6.45, 7) is 5.42. The fraction of sp³-hybridized carbons (Fsp3) is 0.545. The number of rotatable bonds is 9. The van der Waals surface area contributed by atoms with Crippen LogP contribution in [0.3, 0.4) is 0 Å². The van der Waals surface area contributed by atoms with Crippen LogP contribution in [0.25, 0.3) is 11.1 Å². The number of benzene rings is 1. The fourth-order valence-corrected chi connectivity index (χ4v) is 6.24. The third-order valence-electron chi connectivity index (χ3n) is 8.38. The summed E-state index contributed by atoms with van der Waals surface area (Å²) in [5.74, 6) is 1.15. The predicted molar refractivity (Wildman–Crippen MR) is 165 cm³/mol. The molecule has 0 aromatic heterocycles. The van der Waals surface area contributed by atoms with Crippen molar-refractivity contribution in [3.63, 3.8) is 0 Å². The van der Waals surface area contributed by atoms with Gasteiger partial charge in [-0.1, -0.05) is 45.6 Å². The van der Waals surface area contributed by atoms with E-state index in [1.807, 2.05) is 26.0 Å². The van der Waals surface area contributed by atoms with Crippen molar-refractivity contribution < 1.29 is 23.8 Å². The molecule has 1 fully saturated rings. The summed E-state index contributed by atoms with van der Waals surface area (Å²) in [7, 11) is 4.70. The van der Waals surface area contributed by atoms with Crippen LogP contribution in [0.5, 0.6) is 17.2 Å². The van der Waals surface area contributed by atoms with Gasteiger partial charge in [-0.25, -0.2) is 0 Å². The summed E-state index contributed by atoms with van der Waals surface area (Å²) in [6.07, 6.45) is 7.80. The molecule has 2 atom stereocenters. The minimum atomic E-state index is -0.583. The number of aryl methyl sites for hydroxylation is 1. The number of nitrogens with one attached hydrogen (secondary N) is 3. The lowest BCUT2D eigenvalue weighted by Crippen LogP contribution is -2.47. The van der Waals surface area contributed by atoms with E-state index in [-0.39, 0.29) is 29.2 Å². The molecule has 1 saturated carbocycles. The first-order valence-corrected chi connectivity index (χ1v) is 15.0. The Labute approximate surface area is 248 Å². The second kappa shape index (κ2) is 13.9. The lowest BCUT2D eigenvalue weighted by Gasteiger charge is -2.25. The highest BCUT2D eigenvalue weighted by molar-refractivity contribution is 5.86. The lowest BCUT2D eigenvalue weighted by molar-refractivity contribution is -0.123. The topological polar surface area (TPSA) is 115 Å².